The van der Waals surface area contributed by atoms with Crippen LogP contribution in [0.5, 0.6) is 0 Å². The van der Waals surface area contributed by atoms with Crippen molar-refractivity contribution < 1.29 is 9.09 Å². The largest absolute Gasteiger partial charge is 0.422 e. The Bertz CT molecular complexity index is 782. The molecule has 5 heteroatoms. The topological polar surface area (TPSA) is 32.5 Å². The minimum atomic E-state index is -3.04. The Hall–Kier alpha value is -2.03. The van der Waals surface area contributed by atoms with Crippen molar-refractivity contribution in [3.63, 3.8) is 0 Å². The first kappa shape index (κ1) is 14.6. The average Bonchev–Trinajstić information content (AvgIpc) is 3.42. The van der Waals surface area contributed by atoms with Crippen LogP contribution in [0.1, 0.15) is 11.1 Å². The van der Waals surface area contributed by atoms with Crippen LogP contribution in [0, 0.1) is 6.92 Å². The Morgan fingerprint density at radius 2 is 1.70 bits per heavy atom. The lowest BCUT2D eigenvalue weighted by atomic mass is 10.2. The fourth-order valence-electron chi connectivity index (χ4n) is 2.74. The Morgan fingerprint density at radius 1 is 1.00 bits per heavy atom. The highest BCUT2D eigenvalue weighted by Crippen LogP contribution is 2.63. The van der Waals surface area contributed by atoms with Gasteiger partial charge in [-0.15, -0.1) is 0 Å². The van der Waals surface area contributed by atoms with Gasteiger partial charge in [-0.2, -0.15) is 0 Å². The van der Waals surface area contributed by atoms with Crippen molar-refractivity contribution in [1.82, 2.24) is 4.67 Å². The zero-order chi connectivity index (χ0) is 15.9. The van der Waals surface area contributed by atoms with Gasteiger partial charge in [-0.3, -0.25) is 4.67 Å². The van der Waals surface area contributed by atoms with Crippen LogP contribution in [0.3, 0.4) is 0 Å². The molecule has 2 aromatic carbocycles. The first-order chi connectivity index (χ1) is 11.2. The molecule has 118 valence electrons. The van der Waals surface area contributed by atoms with Crippen LogP contribution in [0.25, 0.3) is 5.76 Å². The highest BCUT2D eigenvalue weighted by Gasteiger charge is 2.48. The van der Waals surface area contributed by atoms with Crippen molar-refractivity contribution in [3.8, 4) is 0 Å². The molecule has 0 saturated carbocycles. The molecule has 4 nitrogen and oxygen atoms in total. The van der Waals surface area contributed by atoms with Crippen molar-refractivity contribution in [1.29, 1.82) is 0 Å². The second-order valence-corrected chi connectivity index (χ2v) is 8.10. The molecule has 2 aliphatic heterocycles. The Morgan fingerprint density at radius 3 is 2.35 bits per heavy atom. The van der Waals surface area contributed by atoms with E-state index in [0.717, 1.165) is 24.3 Å². The van der Waals surface area contributed by atoms with Gasteiger partial charge in [0.05, 0.1) is 6.54 Å². The zero-order valence-electron chi connectivity index (χ0n) is 13.1. The third-order valence-corrected chi connectivity index (χ3v) is 6.70. The van der Waals surface area contributed by atoms with Crippen molar-refractivity contribution in [2.45, 2.75) is 6.92 Å². The SMILES string of the molecule is Cc1ccc(N2CC=C(c3ccccc3)OP2(=O)N2CC2)cc1. The van der Waals surface area contributed by atoms with E-state index in [2.05, 4.69) is 0 Å². The van der Waals surface area contributed by atoms with Crippen LogP contribution < -0.4 is 4.67 Å². The van der Waals surface area contributed by atoms with Gasteiger partial charge in [0.15, 0.2) is 0 Å². The molecule has 0 N–H and O–H groups in total. The van der Waals surface area contributed by atoms with Gasteiger partial charge in [0, 0.05) is 24.3 Å². The predicted molar refractivity (Wildman–Crippen MR) is 93.2 cm³/mol. The summed E-state index contributed by atoms with van der Waals surface area (Å²) in [4.78, 5) is 0. The van der Waals surface area contributed by atoms with Crippen LogP contribution in [-0.2, 0) is 9.09 Å². The summed E-state index contributed by atoms with van der Waals surface area (Å²) >= 11 is 0. The lowest BCUT2D eigenvalue weighted by Crippen LogP contribution is -2.28. The molecule has 0 radical (unpaired) electrons. The summed E-state index contributed by atoms with van der Waals surface area (Å²) in [7, 11) is -3.04. The molecule has 2 aliphatic rings. The minimum absolute atomic E-state index is 0.584. The molecule has 1 atom stereocenters. The molecule has 0 amide bonds. The van der Waals surface area contributed by atoms with E-state index in [-0.39, 0.29) is 0 Å². The van der Waals surface area contributed by atoms with E-state index in [1.54, 1.807) is 0 Å². The Balaban J connectivity index is 1.71. The number of aryl methyl sites for hydroxylation is 1. The van der Waals surface area contributed by atoms with E-state index in [1.165, 1.54) is 5.56 Å². The van der Waals surface area contributed by atoms with E-state index in [9.17, 15) is 4.57 Å². The van der Waals surface area contributed by atoms with Crippen LogP contribution >= 0.6 is 7.67 Å². The van der Waals surface area contributed by atoms with E-state index in [4.69, 9.17) is 4.52 Å². The third-order valence-electron chi connectivity index (χ3n) is 4.14. The van der Waals surface area contributed by atoms with E-state index in [1.807, 2.05) is 76.9 Å². The molecule has 0 bridgehead atoms. The molecule has 0 spiro atoms. The molecule has 1 unspecified atom stereocenters. The average molecular weight is 326 g/mol. The van der Waals surface area contributed by atoms with Crippen molar-refractivity contribution in [2.75, 3.05) is 24.3 Å². The summed E-state index contributed by atoms with van der Waals surface area (Å²) in [5.41, 5.74) is 3.10. The van der Waals surface area contributed by atoms with Gasteiger partial charge in [-0.25, -0.2) is 9.24 Å². The molecule has 1 saturated heterocycles. The lowest BCUT2D eigenvalue weighted by Gasteiger charge is -2.36. The summed E-state index contributed by atoms with van der Waals surface area (Å²) in [5.74, 6) is 0.712. The standard InChI is InChI=1S/C18H19N2O2P/c1-15-7-9-17(10-8-15)20-12-11-18(16-5-3-2-4-6-16)22-23(20,21)19-13-14-19/h2-11H,12-14H2,1H3. The number of benzene rings is 2. The first-order valence-electron chi connectivity index (χ1n) is 7.82. The quantitative estimate of drug-likeness (QED) is 0.622. The maximum absolute atomic E-state index is 13.6. The van der Waals surface area contributed by atoms with Gasteiger partial charge in [-0.1, -0.05) is 48.0 Å². The first-order valence-corrected chi connectivity index (χ1v) is 9.35. The van der Waals surface area contributed by atoms with Crippen molar-refractivity contribution in [2.24, 2.45) is 0 Å². The summed E-state index contributed by atoms with van der Waals surface area (Å²) in [5, 5.41) is 0. The molecule has 0 aliphatic carbocycles. The predicted octanol–water partition coefficient (Wildman–Crippen LogP) is 4.30. The number of hydrogen-bond acceptors (Lipinski definition) is 2. The number of anilines is 1. The molecule has 1 fully saturated rings. The van der Waals surface area contributed by atoms with Crippen LogP contribution in [0.4, 0.5) is 5.69 Å². The molecule has 4 rings (SSSR count). The Labute approximate surface area is 136 Å². The van der Waals surface area contributed by atoms with Gasteiger partial charge in [0.2, 0.25) is 0 Å². The fraction of sp³-hybridized carbons (Fsp3) is 0.222. The van der Waals surface area contributed by atoms with Gasteiger partial charge in [0.25, 0.3) is 0 Å². The van der Waals surface area contributed by atoms with E-state index >= 15 is 0 Å². The molecular formula is C18H19N2O2P. The maximum atomic E-state index is 13.6. The molecule has 0 aromatic heterocycles. The monoisotopic (exact) mass is 326 g/mol. The molecule has 2 aromatic rings. The van der Waals surface area contributed by atoms with Crippen molar-refractivity contribution >= 4 is 19.1 Å². The van der Waals surface area contributed by atoms with Crippen molar-refractivity contribution in [3.05, 3.63) is 71.8 Å². The summed E-state index contributed by atoms with van der Waals surface area (Å²) in [6.45, 7) is 4.28. The number of rotatable bonds is 3. The summed E-state index contributed by atoms with van der Waals surface area (Å²) in [6, 6.07) is 18.0. The van der Waals surface area contributed by atoms with Gasteiger partial charge >= 0.3 is 7.67 Å². The highest BCUT2D eigenvalue weighted by molar-refractivity contribution is 7.59. The fourth-order valence-corrected chi connectivity index (χ4v) is 5.00. The third kappa shape index (κ3) is 2.69. The Kier molecular flexibility index (Phi) is 3.51. The molecule has 23 heavy (non-hydrogen) atoms. The molecule has 2 heterocycles. The maximum Gasteiger partial charge on any atom is 0.422 e. The summed E-state index contributed by atoms with van der Waals surface area (Å²) in [6.07, 6.45) is 2.01. The molecular weight excluding hydrogens is 307 g/mol. The highest BCUT2D eigenvalue weighted by atomic mass is 31.2. The van der Waals surface area contributed by atoms with E-state index in [0.29, 0.717) is 12.3 Å². The summed E-state index contributed by atoms with van der Waals surface area (Å²) < 4.78 is 23.4. The van der Waals surface area contributed by atoms with E-state index < -0.39 is 7.67 Å². The number of nitrogens with zero attached hydrogens (tertiary/aromatic N) is 2. The minimum Gasteiger partial charge on any atom is -0.417 e. The normalized spacial score (nSPS) is 24.0. The number of hydrogen-bond donors (Lipinski definition) is 0. The second kappa shape index (κ2) is 5.55. The second-order valence-electron chi connectivity index (χ2n) is 5.89. The van der Waals surface area contributed by atoms with Crippen LogP contribution in [-0.4, -0.2) is 24.3 Å². The van der Waals surface area contributed by atoms with Gasteiger partial charge in [0.1, 0.15) is 5.76 Å². The van der Waals surface area contributed by atoms with Gasteiger partial charge < -0.3 is 4.52 Å². The smallest absolute Gasteiger partial charge is 0.417 e. The van der Waals surface area contributed by atoms with Crippen LogP contribution in [0.2, 0.25) is 0 Å². The van der Waals surface area contributed by atoms with Crippen LogP contribution in [0.15, 0.2) is 60.7 Å². The van der Waals surface area contributed by atoms with Gasteiger partial charge in [-0.05, 0) is 25.1 Å². The lowest BCUT2D eigenvalue weighted by molar-refractivity contribution is 0.416. The zero-order valence-corrected chi connectivity index (χ0v) is 13.9.